The van der Waals surface area contributed by atoms with E-state index in [0.29, 0.717) is 6.61 Å². The number of furan rings is 1. The molecule has 0 saturated carbocycles. The fraction of sp³-hybridized carbons (Fsp3) is 0.300. The molecule has 0 fully saturated rings. The van der Waals surface area contributed by atoms with Crippen LogP contribution in [0.4, 0.5) is 0 Å². The van der Waals surface area contributed by atoms with Crippen LogP contribution in [0.2, 0.25) is 0 Å². The van der Waals surface area contributed by atoms with Crippen LogP contribution in [0.3, 0.4) is 0 Å². The van der Waals surface area contributed by atoms with Gasteiger partial charge in [0.25, 0.3) is 0 Å². The molecule has 0 aliphatic rings. The maximum atomic E-state index is 5.46. The quantitative estimate of drug-likeness (QED) is 0.779. The smallest absolute Gasteiger partial charge is 0.153 e. The first kappa shape index (κ1) is 9.43. The first-order chi connectivity index (χ1) is 6.79. The van der Waals surface area contributed by atoms with Crippen molar-refractivity contribution in [3.8, 4) is 11.5 Å². The van der Waals surface area contributed by atoms with Gasteiger partial charge in [0.15, 0.2) is 5.76 Å². The summed E-state index contributed by atoms with van der Waals surface area (Å²) in [4.78, 5) is 4.38. The van der Waals surface area contributed by atoms with Crippen LogP contribution in [-0.2, 0) is 11.3 Å². The predicted molar refractivity (Wildman–Crippen MR) is 55.3 cm³/mol. The van der Waals surface area contributed by atoms with Crippen molar-refractivity contribution in [1.82, 2.24) is 4.98 Å². The monoisotopic (exact) mass is 209 g/mol. The van der Waals surface area contributed by atoms with Gasteiger partial charge in [-0.2, -0.15) is 0 Å². The standard InChI is InChI=1S/C10H11NO2S/c1-7-3-4-9(13-7)8-6-14-10(11-8)5-12-2/h3-4,6H,5H2,1-2H3. The highest BCUT2D eigenvalue weighted by Crippen LogP contribution is 2.23. The Morgan fingerprint density at radius 2 is 2.36 bits per heavy atom. The number of aryl methyl sites for hydroxylation is 1. The third-order valence-electron chi connectivity index (χ3n) is 1.81. The highest BCUT2D eigenvalue weighted by atomic mass is 32.1. The van der Waals surface area contributed by atoms with E-state index in [2.05, 4.69) is 4.98 Å². The highest BCUT2D eigenvalue weighted by molar-refractivity contribution is 7.09. The number of hydrogen-bond acceptors (Lipinski definition) is 4. The van der Waals surface area contributed by atoms with Gasteiger partial charge in [-0.3, -0.25) is 0 Å². The van der Waals surface area contributed by atoms with Crippen LogP contribution < -0.4 is 0 Å². The highest BCUT2D eigenvalue weighted by Gasteiger charge is 2.07. The minimum Gasteiger partial charge on any atom is -0.460 e. The molecule has 2 aromatic heterocycles. The maximum absolute atomic E-state index is 5.46. The summed E-state index contributed by atoms with van der Waals surface area (Å²) in [5.74, 6) is 1.72. The van der Waals surface area contributed by atoms with Crippen molar-refractivity contribution in [2.45, 2.75) is 13.5 Å². The number of aromatic nitrogens is 1. The minimum absolute atomic E-state index is 0.560. The Balaban J connectivity index is 2.24. The molecular formula is C10H11NO2S. The second kappa shape index (κ2) is 3.94. The predicted octanol–water partition coefficient (Wildman–Crippen LogP) is 2.86. The molecule has 14 heavy (non-hydrogen) atoms. The first-order valence-corrected chi connectivity index (χ1v) is 5.17. The van der Waals surface area contributed by atoms with Gasteiger partial charge in [-0.25, -0.2) is 4.98 Å². The zero-order chi connectivity index (χ0) is 9.97. The summed E-state index contributed by atoms with van der Waals surface area (Å²) in [5.41, 5.74) is 0.884. The fourth-order valence-electron chi connectivity index (χ4n) is 1.19. The Bertz CT molecular complexity index is 419. The molecule has 0 radical (unpaired) electrons. The lowest BCUT2D eigenvalue weighted by Crippen LogP contribution is -1.85. The van der Waals surface area contributed by atoms with E-state index in [1.54, 1.807) is 18.4 Å². The van der Waals surface area contributed by atoms with Gasteiger partial charge >= 0.3 is 0 Å². The second-order valence-electron chi connectivity index (χ2n) is 2.97. The Morgan fingerprint density at radius 1 is 1.50 bits per heavy atom. The minimum atomic E-state index is 0.560. The third kappa shape index (κ3) is 1.86. The van der Waals surface area contributed by atoms with Crippen molar-refractivity contribution >= 4 is 11.3 Å². The molecular weight excluding hydrogens is 198 g/mol. The van der Waals surface area contributed by atoms with Crippen LogP contribution in [-0.4, -0.2) is 12.1 Å². The van der Waals surface area contributed by atoms with Crippen molar-refractivity contribution in [1.29, 1.82) is 0 Å². The van der Waals surface area contributed by atoms with Gasteiger partial charge in [-0.15, -0.1) is 11.3 Å². The number of methoxy groups -OCH3 is 1. The van der Waals surface area contributed by atoms with Crippen LogP contribution in [0.5, 0.6) is 0 Å². The Labute approximate surface area is 86.4 Å². The molecule has 2 rings (SSSR count). The number of rotatable bonds is 3. The second-order valence-corrected chi connectivity index (χ2v) is 3.91. The van der Waals surface area contributed by atoms with Crippen LogP contribution in [0.1, 0.15) is 10.8 Å². The number of nitrogens with zero attached hydrogens (tertiary/aromatic N) is 1. The summed E-state index contributed by atoms with van der Waals surface area (Å²) in [7, 11) is 1.66. The molecule has 0 atom stereocenters. The largest absolute Gasteiger partial charge is 0.460 e. The van der Waals surface area contributed by atoms with Gasteiger partial charge in [0.1, 0.15) is 16.5 Å². The van der Waals surface area contributed by atoms with E-state index in [0.717, 1.165) is 22.2 Å². The van der Waals surface area contributed by atoms with Crippen molar-refractivity contribution in [2.24, 2.45) is 0 Å². The van der Waals surface area contributed by atoms with E-state index < -0.39 is 0 Å². The Kier molecular flexibility index (Phi) is 2.65. The average Bonchev–Trinajstić information content (AvgIpc) is 2.74. The Morgan fingerprint density at radius 3 is 3.00 bits per heavy atom. The Hall–Kier alpha value is -1.13. The summed E-state index contributed by atoms with van der Waals surface area (Å²) in [6.45, 7) is 2.48. The zero-order valence-electron chi connectivity index (χ0n) is 8.11. The first-order valence-electron chi connectivity index (χ1n) is 4.30. The summed E-state index contributed by atoms with van der Waals surface area (Å²) >= 11 is 1.58. The summed E-state index contributed by atoms with van der Waals surface area (Å²) in [6.07, 6.45) is 0. The van der Waals surface area contributed by atoms with Crippen molar-refractivity contribution in [3.05, 3.63) is 28.3 Å². The van der Waals surface area contributed by atoms with Crippen LogP contribution in [0.25, 0.3) is 11.5 Å². The topological polar surface area (TPSA) is 35.3 Å². The molecule has 2 heterocycles. The van der Waals surface area contributed by atoms with Gasteiger partial charge < -0.3 is 9.15 Å². The molecule has 0 aliphatic carbocycles. The average molecular weight is 209 g/mol. The summed E-state index contributed by atoms with van der Waals surface area (Å²) < 4.78 is 10.5. The third-order valence-corrected chi connectivity index (χ3v) is 2.63. The SMILES string of the molecule is COCc1nc(-c2ccc(C)o2)cs1. The van der Waals surface area contributed by atoms with Gasteiger partial charge in [-0.05, 0) is 19.1 Å². The number of ether oxygens (including phenoxy) is 1. The molecule has 0 bridgehead atoms. The number of thiazole rings is 1. The van der Waals surface area contributed by atoms with E-state index in [9.17, 15) is 0 Å². The zero-order valence-corrected chi connectivity index (χ0v) is 8.93. The summed E-state index contributed by atoms with van der Waals surface area (Å²) in [6, 6.07) is 3.87. The molecule has 0 unspecified atom stereocenters. The molecule has 0 N–H and O–H groups in total. The van der Waals surface area contributed by atoms with Crippen LogP contribution in [0.15, 0.2) is 21.9 Å². The van der Waals surface area contributed by atoms with Gasteiger partial charge in [0.2, 0.25) is 0 Å². The van der Waals surface area contributed by atoms with Gasteiger partial charge in [0, 0.05) is 12.5 Å². The van der Waals surface area contributed by atoms with Crippen molar-refractivity contribution in [3.63, 3.8) is 0 Å². The van der Waals surface area contributed by atoms with Crippen LogP contribution >= 0.6 is 11.3 Å². The van der Waals surface area contributed by atoms with E-state index in [1.165, 1.54) is 0 Å². The fourth-order valence-corrected chi connectivity index (χ4v) is 1.94. The molecule has 0 aliphatic heterocycles. The molecule has 0 amide bonds. The molecule has 2 aromatic rings. The van der Waals surface area contributed by atoms with E-state index >= 15 is 0 Å². The molecule has 0 spiro atoms. The van der Waals surface area contributed by atoms with E-state index in [1.807, 2.05) is 24.4 Å². The van der Waals surface area contributed by atoms with Gasteiger partial charge in [0.05, 0.1) is 6.61 Å². The normalized spacial score (nSPS) is 10.7. The molecule has 0 aromatic carbocycles. The molecule has 74 valence electrons. The molecule has 3 nitrogen and oxygen atoms in total. The van der Waals surface area contributed by atoms with Crippen LogP contribution in [0, 0.1) is 6.92 Å². The van der Waals surface area contributed by atoms with E-state index in [-0.39, 0.29) is 0 Å². The maximum Gasteiger partial charge on any atom is 0.153 e. The lowest BCUT2D eigenvalue weighted by atomic mass is 10.4. The lowest BCUT2D eigenvalue weighted by molar-refractivity contribution is 0.184. The number of hydrogen-bond donors (Lipinski definition) is 0. The lowest BCUT2D eigenvalue weighted by Gasteiger charge is -1.90. The van der Waals surface area contributed by atoms with Crippen molar-refractivity contribution < 1.29 is 9.15 Å². The molecule has 0 saturated heterocycles. The van der Waals surface area contributed by atoms with E-state index in [4.69, 9.17) is 9.15 Å². The van der Waals surface area contributed by atoms with Crippen molar-refractivity contribution in [2.75, 3.05) is 7.11 Å². The molecule has 4 heteroatoms. The summed E-state index contributed by atoms with van der Waals surface area (Å²) in [5, 5.41) is 2.95. The van der Waals surface area contributed by atoms with Gasteiger partial charge in [-0.1, -0.05) is 0 Å².